The molecule has 65 heavy (non-hydrogen) atoms. The van der Waals surface area contributed by atoms with Gasteiger partial charge in [-0.15, -0.1) is 0 Å². The number of pyridine rings is 2. The van der Waals surface area contributed by atoms with Gasteiger partial charge < -0.3 is 0 Å². The number of hydrogen-bond donors (Lipinski definition) is 0. The Morgan fingerprint density at radius 3 is 1.34 bits per heavy atom. The molecule has 0 aliphatic carbocycles. The third kappa shape index (κ3) is 8.64. The van der Waals surface area contributed by atoms with Crippen molar-refractivity contribution in [3.05, 3.63) is 226 Å². The van der Waals surface area contributed by atoms with Crippen LogP contribution in [0.4, 0.5) is 0 Å². The second-order valence-electron chi connectivity index (χ2n) is 20.9. The molecule has 4 nitrogen and oxygen atoms in total. The fraction of sp³-hybridized carbons (Fsp3) is 0.295. The number of hydrogen-bond acceptors (Lipinski definition) is 3. The van der Waals surface area contributed by atoms with Crippen LogP contribution in [0.3, 0.4) is 0 Å². The molecule has 0 saturated heterocycles. The maximum Gasteiger partial charge on any atom is 0.144 e. The Morgan fingerprint density at radius 2 is 0.846 bits per heavy atom. The molecule has 0 saturated carbocycles. The summed E-state index contributed by atoms with van der Waals surface area (Å²) in [6, 6.07) is 55.2. The van der Waals surface area contributed by atoms with Crippen LogP contribution in [-0.4, -0.2) is 19.5 Å². The van der Waals surface area contributed by atoms with Crippen LogP contribution >= 0.6 is 0 Å². The molecule has 3 aromatic heterocycles. The van der Waals surface area contributed by atoms with Crippen LogP contribution in [-0.2, 0) is 21.7 Å². The van der Waals surface area contributed by atoms with E-state index in [0.29, 0.717) is 0 Å². The Bertz CT molecular complexity index is 2880. The third-order valence-electron chi connectivity index (χ3n) is 13.7. The lowest BCUT2D eigenvalue weighted by Gasteiger charge is -2.32. The molecule has 8 rings (SSSR count). The monoisotopic (exact) mass is 855 g/mol. The number of aromatic nitrogens is 4. The molecular weight excluding hydrogens is 789 g/mol. The van der Waals surface area contributed by atoms with Crippen LogP contribution in [0.25, 0.3) is 28.2 Å². The molecule has 0 aliphatic rings. The summed E-state index contributed by atoms with van der Waals surface area (Å²) in [5.41, 5.74) is 14.7. The summed E-state index contributed by atoms with van der Waals surface area (Å²) in [6.07, 6.45) is 6.27. The van der Waals surface area contributed by atoms with Gasteiger partial charge in [-0.05, 0) is 129 Å². The Hall–Kier alpha value is -6.39. The van der Waals surface area contributed by atoms with Crippen molar-refractivity contribution in [2.75, 3.05) is 0 Å². The molecule has 0 spiro atoms. The minimum absolute atomic E-state index is 0.0384. The largest absolute Gasteiger partial charge is 0.299 e. The first-order chi connectivity index (χ1) is 30.9. The molecule has 1 unspecified atom stereocenters. The predicted octanol–water partition coefficient (Wildman–Crippen LogP) is 15.5. The normalized spacial score (nSPS) is 14.1. The highest BCUT2D eigenvalue weighted by atomic mass is 15.1. The van der Waals surface area contributed by atoms with Gasteiger partial charge in [0, 0.05) is 24.2 Å². The standard InChI is InChI=1S/C61H66N4/c1-41(2)51-36-45(43-23-16-13-17-24-43)37-52(42(3)4)56(51)65-40-55(61(12,47-28-20-15-21-29-47)54-39-49(32-34-63-54)59(8,9)10)64-57(65)44-25-22-30-50(35-44)60(11,46-26-18-14-19-27-46)53-38-48(31-33-62-53)58(5,6)7/h13-42H,1-12H3/t60?,61-/m1/s1. The van der Waals surface area contributed by atoms with Crippen molar-refractivity contribution in [1.82, 2.24) is 19.5 Å². The number of benzene rings is 5. The quantitative estimate of drug-likeness (QED) is 0.130. The SMILES string of the molecule is CC(C)c1cc(-c2ccccc2)cc(C(C)C)c1-n1cc([C@](C)(c2ccccc2)c2cc(C(C)(C)C)ccn2)nc1-c1cccc(C(C)(c2ccccc2)c2cc(C(C)(C)C)ccn2)c1. The van der Waals surface area contributed by atoms with E-state index in [1.807, 2.05) is 12.4 Å². The van der Waals surface area contributed by atoms with E-state index in [4.69, 9.17) is 15.0 Å². The number of rotatable bonds is 11. The fourth-order valence-electron chi connectivity index (χ4n) is 9.37. The Labute approximate surface area is 388 Å². The van der Waals surface area contributed by atoms with Gasteiger partial charge in [0.05, 0.1) is 33.6 Å². The van der Waals surface area contributed by atoms with E-state index < -0.39 is 10.8 Å². The first-order valence-corrected chi connectivity index (χ1v) is 23.4. The lowest BCUT2D eigenvalue weighted by atomic mass is 9.72. The molecular formula is C61H66N4. The molecule has 0 radical (unpaired) electrons. The molecule has 8 aromatic rings. The van der Waals surface area contributed by atoms with Gasteiger partial charge in [0.2, 0.25) is 0 Å². The van der Waals surface area contributed by atoms with E-state index in [9.17, 15) is 0 Å². The van der Waals surface area contributed by atoms with Gasteiger partial charge in [-0.2, -0.15) is 0 Å². The number of nitrogens with zero attached hydrogens (tertiary/aromatic N) is 4. The topological polar surface area (TPSA) is 43.6 Å². The van der Waals surface area contributed by atoms with Crippen LogP contribution < -0.4 is 0 Å². The zero-order chi connectivity index (χ0) is 46.3. The van der Waals surface area contributed by atoms with Crippen LogP contribution in [0, 0.1) is 0 Å². The predicted molar refractivity (Wildman–Crippen MR) is 272 cm³/mol. The van der Waals surface area contributed by atoms with Crippen LogP contribution in [0.5, 0.6) is 0 Å². The smallest absolute Gasteiger partial charge is 0.144 e. The maximum absolute atomic E-state index is 5.88. The van der Waals surface area contributed by atoms with Crippen molar-refractivity contribution in [3.63, 3.8) is 0 Å². The molecule has 4 heteroatoms. The van der Waals surface area contributed by atoms with Crippen molar-refractivity contribution in [2.24, 2.45) is 0 Å². The summed E-state index contributed by atoms with van der Waals surface area (Å²) in [6.45, 7) is 27.5. The lowest BCUT2D eigenvalue weighted by molar-refractivity contribution is 0.579. The van der Waals surface area contributed by atoms with Gasteiger partial charge in [-0.3, -0.25) is 14.5 Å². The van der Waals surface area contributed by atoms with Gasteiger partial charge in [0.15, 0.2) is 0 Å². The molecule has 0 aliphatic heterocycles. The van der Waals surface area contributed by atoms with Crippen LogP contribution in [0.1, 0.15) is 151 Å². The highest BCUT2D eigenvalue weighted by Crippen LogP contribution is 2.45. The van der Waals surface area contributed by atoms with Gasteiger partial charge >= 0.3 is 0 Å². The second kappa shape index (κ2) is 17.5. The summed E-state index contributed by atoms with van der Waals surface area (Å²) < 4.78 is 2.42. The second-order valence-corrected chi connectivity index (χ2v) is 20.9. The lowest BCUT2D eigenvalue weighted by Crippen LogP contribution is -2.28. The summed E-state index contributed by atoms with van der Waals surface area (Å²) in [4.78, 5) is 16.2. The third-order valence-corrected chi connectivity index (χ3v) is 13.7. The Kier molecular flexibility index (Phi) is 12.2. The highest BCUT2D eigenvalue weighted by Gasteiger charge is 2.39. The zero-order valence-corrected chi connectivity index (χ0v) is 40.6. The summed E-state index contributed by atoms with van der Waals surface area (Å²) >= 11 is 0. The summed E-state index contributed by atoms with van der Waals surface area (Å²) in [7, 11) is 0. The molecule has 3 heterocycles. The van der Waals surface area contributed by atoms with E-state index in [2.05, 4.69) is 246 Å². The van der Waals surface area contributed by atoms with Crippen molar-refractivity contribution in [2.45, 2.75) is 117 Å². The van der Waals surface area contributed by atoms with Gasteiger partial charge in [-0.1, -0.05) is 178 Å². The van der Waals surface area contributed by atoms with Crippen LogP contribution in [0.15, 0.2) is 170 Å². The first-order valence-electron chi connectivity index (χ1n) is 23.4. The molecule has 5 aromatic carbocycles. The molecule has 0 bridgehead atoms. The summed E-state index contributed by atoms with van der Waals surface area (Å²) in [5.74, 6) is 1.34. The molecule has 0 fully saturated rings. The minimum Gasteiger partial charge on any atom is -0.299 e. The van der Waals surface area contributed by atoms with Gasteiger partial charge in [0.1, 0.15) is 5.82 Å². The Balaban J connectivity index is 1.46. The highest BCUT2D eigenvalue weighted by molar-refractivity contribution is 5.72. The van der Waals surface area contributed by atoms with Gasteiger partial charge in [-0.25, -0.2) is 4.98 Å². The minimum atomic E-state index is -0.698. The van der Waals surface area contributed by atoms with E-state index in [-0.39, 0.29) is 22.7 Å². The van der Waals surface area contributed by atoms with E-state index in [1.54, 1.807) is 0 Å². The average Bonchev–Trinajstić information content (AvgIpc) is 3.77. The van der Waals surface area contributed by atoms with Crippen molar-refractivity contribution in [3.8, 4) is 28.2 Å². The first kappa shape index (κ1) is 45.2. The molecule has 0 N–H and O–H groups in total. The molecule has 0 amide bonds. The fourth-order valence-corrected chi connectivity index (χ4v) is 9.37. The van der Waals surface area contributed by atoms with Crippen LogP contribution in [0.2, 0.25) is 0 Å². The van der Waals surface area contributed by atoms with Crippen molar-refractivity contribution < 1.29 is 0 Å². The Morgan fingerprint density at radius 1 is 0.400 bits per heavy atom. The number of imidazole rings is 1. The summed E-state index contributed by atoms with van der Waals surface area (Å²) in [5, 5.41) is 0. The maximum atomic E-state index is 5.88. The average molecular weight is 855 g/mol. The molecule has 330 valence electrons. The zero-order valence-electron chi connectivity index (χ0n) is 40.6. The van der Waals surface area contributed by atoms with E-state index in [1.165, 1.54) is 44.6 Å². The van der Waals surface area contributed by atoms with Gasteiger partial charge in [0.25, 0.3) is 0 Å². The van der Waals surface area contributed by atoms with Crippen molar-refractivity contribution >= 4 is 0 Å². The van der Waals surface area contributed by atoms with E-state index >= 15 is 0 Å². The van der Waals surface area contributed by atoms with E-state index in [0.717, 1.165) is 39.6 Å². The molecule has 2 atom stereocenters. The van der Waals surface area contributed by atoms with Crippen molar-refractivity contribution in [1.29, 1.82) is 0 Å².